The number of carbonyl (C=O) groups excluding carboxylic acids is 1. The number of hydrogen-bond donors (Lipinski definition) is 6. The molecule has 0 aromatic carbocycles. The van der Waals surface area contributed by atoms with E-state index < -0.39 is 30.2 Å². The van der Waals surface area contributed by atoms with Gasteiger partial charge in [-0.15, -0.1) is 0 Å². The molecule has 53 heavy (non-hydrogen) atoms. The van der Waals surface area contributed by atoms with Crippen LogP contribution in [0, 0.1) is 17.8 Å². The highest BCUT2D eigenvalue weighted by Gasteiger charge is 2.30. The first kappa shape index (κ1) is 61.4. The molecule has 0 spiro atoms. The van der Waals surface area contributed by atoms with Crippen molar-refractivity contribution in [2.75, 3.05) is 55.2 Å². The number of methoxy groups -OCH3 is 3. The van der Waals surface area contributed by atoms with E-state index in [2.05, 4.69) is 38.2 Å². The van der Waals surface area contributed by atoms with Crippen molar-refractivity contribution in [3.8, 4) is 0 Å². The smallest absolute Gasteiger partial charge is 0.159 e. The van der Waals surface area contributed by atoms with E-state index in [-0.39, 0.29) is 64.3 Å². The van der Waals surface area contributed by atoms with Crippen LogP contribution >= 0.6 is 0 Å². The second kappa shape index (κ2) is 35.6. The summed E-state index contributed by atoms with van der Waals surface area (Å²) in [6, 6.07) is 0.323. The quantitative estimate of drug-likeness (QED) is 0.110. The molecule has 10 unspecified atom stereocenters. The first-order chi connectivity index (χ1) is 23.9. The van der Waals surface area contributed by atoms with Crippen molar-refractivity contribution in [2.24, 2.45) is 17.8 Å². The van der Waals surface area contributed by atoms with Crippen LogP contribution in [0.1, 0.15) is 123 Å². The molecule has 2 heterocycles. The number of nitrogens with zero attached hydrogens (tertiary/aromatic N) is 1. The number of aliphatic hydroxyl groups excluding tert-OH is 4. The van der Waals surface area contributed by atoms with E-state index in [1.165, 1.54) is 14.2 Å². The Balaban J connectivity index is -0.000000227. The number of aliphatic hydroxyl groups is 5. The minimum Gasteiger partial charge on any atom is -0.390 e. The third-order valence-corrected chi connectivity index (χ3v) is 8.69. The van der Waals surface area contributed by atoms with Crippen LogP contribution in [0.5, 0.6) is 0 Å². The minimum atomic E-state index is -0.924. The van der Waals surface area contributed by atoms with Gasteiger partial charge in [0.1, 0.15) is 18.5 Å². The Bertz CT molecular complexity index is 796. The van der Waals surface area contributed by atoms with E-state index >= 15 is 0 Å². The lowest BCUT2D eigenvalue weighted by atomic mass is 9.82. The predicted octanol–water partition coefficient (Wildman–Crippen LogP) is 4.87. The fraction of sp³-hybridized carbons (Fsp3) is 0.975. The summed E-state index contributed by atoms with van der Waals surface area (Å²) in [5.41, 5.74) is -0.791. The summed E-state index contributed by atoms with van der Waals surface area (Å²) in [5, 5.41) is 51.7. The van der Waals surface area contributed by atoms with Gasteiger partial charge in [-0.2, -0.15) is 0 Å². The molecule has 2 saturated heterocycles. The van der Waals surface area contributed by atoms with Crippen molar-refractivity contribution < 1.29 is 54.0 Å². The molecule has 2 aliphatic rings. The summed E-state index contributed by atoms with van der Waals surface area (Å²) < 4.78 is 25.2. The monoisotopic (exact) mass is 775 g/mol. The molecular formula is C40H90N2O11. The maximum Gasteiger partial charge on any atom is 0.159 e. The molecule has 0 aliphatic carbocycles. The van der Waals surface area contributed by atoms with Crippen molar-refractivity contribution >= 4 is 6.29 Å². The molecule has 0 bridgehead atoms. The van der Waals surface area contributed by atoms with Crippen molar-refractivity contribution in [3.63, 3.8) is 0 Å². The third-order valence-electron chi connectivity index (χ3n) is 8.69. The number of ether oxygens (including phenoxy) is 5. The van der Waals surface area contributed by atoms with E-state index in [0.29, 0.717) is 38.0 Å². The molecule has 0 saturated carbocycles. The van der Waals surface area contributed by atoms with Gasteiger partial charge in [-0.3, -0.25) is 0 Å². The maximum absolute atomic E-state index is 10.8. The van der Waals surface area contributed by atoms with Gasteiger partial charge in [-0.25, -0.2) is 0 Å². The van der Waals surface area contributed by atoms with Gasteiger partial charge < -0.3 is 64.2 Å². The molecule has 0 aromatic rings. The topological polar surface area (TPSA) is 180 Å². The van der Waals surface area contributed by atoms with Crippen LogP contribution < -0.4 is 5.32 Å². The van der Waals surface area contributed by atoms with E-state index in [9.17, 15) is 20.1 Å². The number of hydrogen-bond acceptors (Lipinski definition) is 13. The highest BCUT2D eigenvalue weighted by molar-refractivity contribution is 5.52. The van der Waals surface area contributed by atoms with Crippen molar-refractivity contribution in [1.82, 2.24) is 10.2 Å². The highest BCUT2D eigenvalue weighted by atomic mass is 16.7. The maximum atomic E-state index is 10.8. The van der Waals surface area contributed by atoms with Gasteiger partial charge in [0.2, 0.25) is 0 Å². The fourth-order valence-corrected chi connectivity index (χ4v) is 6.18. The standard InChI is InChI=1S/C19H39NO5.C9H19NO2.C6H12O4.2C2H6.2CH4/c1-13(7-14(2)11-21)8-19(5,24)9-15(3)10-20-16(4)18(23)17(22)12-25-6;1-7-5-8(10(2)3)6-9(11-4)12-7;1-9-5-2-6(8)10-3-4(5)7;2*1-2;;/h11,13-18,20,22-24H,7-10,12H2,1-6H3;7-9H,5-6H2,1-4H3;4-8H,2-3H2,1H3;2*1-2H3;2*1H4/t13-,14?,15+,16?,17?,18?,19-;;;;;;/m0....../s1. The lowest BCUT2D eigenvalue weighted by molar-refractivity contribution is -0.199. The Hall–Kier alpha value is -0.810. The van der Waals surface area contributed by atoms with E-state index in [1.807, 2.05) is 55.4 Å². The molecule has 0 amide bonds. The lowest BCUT2D eigenvalue weighted by Crippen LogP contribution is -2.47. The predicted molar refractivity (Wildman–Crippen MR) is 217 cm³/mol. The Morgan fingerprint density at radius 2 is 1.47 bits per heavy atom. The Kier molecular flexibility index (Phi) is 41.2. The zero-order chi connectivity index (χ0) is 40.3. The molecule has 13 heteroatoms. The second-order valence-electron chi connectivity index (χ2n) is 14.2. The summed E-state index contributed by atoms with van der Waals surface area (Å²) in [4.78, 5) is 13.0. The summed E-state index contributed by atoms with van der Waals surface area (Å²) in [6.45, 7) is 20.6. The van der Waals surface area contributed by atoms with E-state index in [4.69, 9.17) is 33.9 Å². The van der Waals surface area contributed by atoms with Crippen LogP contribution in [-0.2, 0) is 28.5 Å². The van der Waals surface area contributed by atoms with E-state index in [0.717, 1.165) is 25.5 Å². The summed E-state index contributed by atoms with van der Waals surface area (Å²) in [7, 11) is 8.90. The molecule has 0 radical (unpaired) electrons. The normalized spacial score (nSPS) is 26.7. The zero-order valence-corrected chi connectivity index (χ0v) is 35.0. The van der Waals surface area contributed by atoms with Gasteiger partial charge in [0, 0.05) is 52.2 Å². The first-order valence-corrected chi connectivity index (χ1v) is 19.0. The molecule has 13 atom stereocenters. The van der Waals surface area contributed by atoms with Crippen molar-refractivity contribution in [3.05, 3.63) is 0 Å². The number of rotatable bonds is 17. The van der Waals surface area contributed by atoms with Crippen LogP contribution in [0.2, 0.25) is 0 Å². The van der Waals surface area contributed by atoms with Crippen LogP contribution in [-0.4, -0.2) is 153 Å². The van der Waals surface area contributed by atoms with Gasteiger partial charge in [0.25, 0.3) is 0 Å². The first-order valence-electron chi connectivity index (χ1n) is 19.0. The van der Waals surface area contributed by atoms with Crippen LogP contribution in [0.4, 0.5) is 0 Å². The van der Waals surface area contributed by atoms with Gasteiger partial charge in [0.05, 0.1) is 37.1 Å². The van der Waals surface area contributed by atoms with Gasteiger partial charge in [-0.05, 0) is 78.9 Å². The molecule has 2 fully saturated rings. The van der Waals surface area contributed by atoms with Gasteiger partial charge in [-0.1, -0.05) is 63.3 Å². The Labute approximate surface area is 326 Å². The number of aldehydes is 1. The Morgan fingerprint density at radius 3 is 1.92 bits per heavy atom. The Morgan fingerprint density at radius 1 is 0.925 bits per heavy atom. The zero-order valence-electron chi connectivity index (χ0n) is 35.0. The number of carbonyl (C=O) groups is 1. The molecule has 326 valence electrons. The van der Waals surface area contributed by atoms with Crippen LogP contribution in [0.15, 0.2) is 0 Å². The molecule has 2 rings (SSSR count). The van der Waals surface area contributed by atoms with Gasteiger partial charge >= 0.3 is 0 Å². The van der Waals surface area contributed by atoms with Crippen molar-refractivity contribution in [1.29, 1.82) is 0 Å². The van der Waals surface area contributed by atoms with Crippen LogP contribution in [0.25, 0.3) is 0 Å². The number of nitrogens with one attached hydrogen (secondary N) is 1. The SMILES string of the molecule is C.C.CC.CC.COC1CC(N(C)C)CC(C)O1.COC1CC(O)OCC1O.COCC(O)C(O)C(C)NC[C@H](C)C[C@@](C)(O)C[C@@H](C)CC(C)C=O. The summed E-state index contributed by atoms with van der Waals surface area (Å²) >= 11 is 0. The average Bonchev–Trinajstić information content (AvgIpc) is 3.09. The lowest BCUT2D eigenvalue weighted by Gasteiger charge is -2.36. The van der Waals surface area contributed by atoms with Gasteiger partial charge in [0.15, 0.2) is 12.6 Å². The third kappa shape index (κ3) is 30.1. The molecule has 0 aromatic heterocycles. The fourth-order valence-electron chi connectivity index (χ4n) is 6.18. The summed E-state index contributed by atoms with van der Waals surface area (Å²) in [6.07, 6.45) is 2.25. The average molecular weight is 775 g/mol. The minimum absolute atomic E-state index is 0. The summed E-state index contributed by atoms with van der Waals surface area (Å²) in [5.74, 6) is 0.506. The van der Waals surface area contributed by atoms with Crippen molar-refractivity contribution in [2.45, 2.75) is 183 Å². The second-order valence-corrected chi connectivity index (χ2v) is 14.2. The van der Waals surface area contributed by atoms with E-state index in [1.54, 1.807) is 7.11 Å². The van der Waals surface area contributed by atoms with Crippen LogP contribution in [0.3, 0.4) is 0 Å². The molecule has 6 N–H and O–H groups in total. The molecular weight excluding hydrogens is 684 g/mol. The molecule has 13 nitrogen and oxygen atoms in total. The highest BCUT2D eigenvalue weighted by Crippen LogP contribution is 2.27. The largest absolute Gasteiger partial charge is 0.390 e. The molecule has 2 aliphatic heterocycles.